The Morgan fingerprint density at radius 3 is 2.41 bits per heavy atom. The molecule has 3 nitrogen and oxygen atoms in total. The second-order valence-corrected chi connectivity index (χ2v) is 10.9. The number of aryl methyl sites for hydroxylation is 2. The molecule has 3 heteroatoms. The number of hydrogen-bond donors (Lipinski definition) is 0. The largest absolute Gasteiger partial charge is 0.455 e. The molecule has 178 valence electrons. The second-order valence-electron chi connectivity index (χ2n) is 10.9. The number of aromatic nitrogens is 1. The van der Waals surface area contributed by atoms with Crippen molar-refractivity contribution in [2.24, 2.45) is 7.05 Å². The SMILES string of the molecule is Cc1cc2c(oc3ccccc32)c(-c2c3ccc4c(c3cc[n+]2C)C(C)(C)c2c(C#N)cccc2-4)c1C. The van der Waals surface area contributed by atoms with Crippen LogP contribution < -0.4 is 4.57 Å². The Bertz CT molecular complexity index is 2000. The molecule has 2 heterocycles. The van der Waals surface area contributed by atoms with Crippen molar-refractivity contribution in [1.29, 1.82) is 5.26 Å². The number of fused-ring (bicyclic) bond motifs is 8. The zero-order valence-electron chi connectivity index (χ0n) is 21.7. The van der Waals surface area contributed by atoms with Gasteiger partial charge in [-0.1, -0.05) is 50.2 Å². The van der Waals surface area contributed by atoms with E-state index in [0.29, 0.717) is 0 Å². The van der Waals surface area contributed by atoms with Crippen molar-refractivity contribution in [2.75, 3.05) is 0 Å². The molecular weight excluding hydrogens is 452 g/mol. The summed E-state index contributed by atoms with van der Waals surface area (Å²) in [4.78, 5) is 0. The molecule has 0 saturated heterocycles. The van der Waals surface area contributed by atoms with Crippen LogP contribution in [0.1, 0.15) is 41.7 Å². The van der Waals surface area contributed by atoms with Gasteiger partial charge in [-0.15, -0.1) is 0 Å². The maximum absolute atomic E-state index is 9.91. The van der Waals surface area contributed by atoms with Gasteiger partial charge in [-0.25, -0.2) is 4.57 Å². The summed E-state index contributed by atoms with van der Waals surface area (Å²) in [6.45, 7) is 8.88. The van der Waals surface area contributed by atoms with Gasteiger partial charge in [-0.05, 0) is 76.9 Å². The molecule has 0 bridgehead atoms. The van der Waals surface area contributed by atoms with Gasteiger partial charge in [0.25, 0.3) is 0 Å². The molecule has 1 aliphatic rings. The van der Waals surface area contributed by atoms with Gasteiger partial charge in [0.1, 0.15) is 18.2 Å². The van der Waals surface area contributed by atoms with Crippen LogP contribution in [0, 0.1) is 25.2 Å². The first kappa shape index (κ1) is 21.8. The molecule has 6 aromatic rings. The molecule has 0 fully saturated rings. The van der Waals surface area contributed by atoms with Crippen molar-refractivity contribution >= 4 is 32.7 Å². The Morgan fingerprint density at radius 2 is 1.59 bits per heavy atom. The second kappa shape index (κ2) is 7.31. The van der Waals surface area contributed by atoms with E-state index in [9.17, 15) is 5.26 Å². The van der Waals surface area contributed by atoms with E-state index in [1.807, 2.05) is 24.3 Å². The molecule has 0 saturated carbocycles. The van der Waals surface area contributed by atoms with Crippen LogP contribution in [0.25, 0.3) is 55.1 Å². The summed E-state index contributed by atoms with van der Waals surface area (Å²) in [6, 6.07) is 25.8. The van der Waals surface area contributed by atoms with Gasteiger partial charge in [0.05, 0.1) is 22.6 Å². The summed E-state index contributed by atoms with van der Waals surface area (Å²) in [6.07, 6.45) is 2.17. The van der Waals surface area contributed by atoms with E-state index in [0.717, 1.165) is 44.3 Å². The van der Waals surface area contributed by atoms with Crippen LogP contribution in [0.5, 0.6) is 0 Å². The molecule has 0 radical (unpaired) electrons. The molecule has 1 aliphatic carbocycles. The van der Waals surface area contributed by atoms with Crippen LogP contribution in [0.4, 0.5) is 0 Å². The van der Waals surface area contributed by atoms with Gasteiger partial charge in [-0.2, -0.15) is 5.26 Å². The average molecular weight is 480 g/mol. The first-order valence-corrected chi connectivity index (χ1v) is 12.7. The Labute approximate surface area is 216 Å². The summed E-state index contributed by atoms with van der Waals surface area (Å²) in [5.41, 5.74) is 11.9. The van der Waals surface area contributed by atoms with Gasteiger partial charge in [0.2, 0.25) is 5.69 Å². The number of rotatable bonds is 1. The lowest BCUT2D eigenvalue weighted by molar-refractivity contribution is -0.659. The van der Waals surface area contributed by atoms with E-state index in [-0.39, 0.29) is 5.41 Å². The Morgan fingerprint density at radius 1 is 0.811 bits per heavy atom. The maximum atomic E-state index is 9.91. The van der Waals surface area contributed by atoms with Crippen molar-refractivity contribution in [2.45, 2.75) is 33.1 Å². The van der Waals surface area contributed by atoms with E-state index in [1.54, 1.807) is 0 Å². The van der Waals surface area contributed by atoms with Gasteiger partial charge in [0.15, 0.2) is 6.20 Å². The minimum atomic E-state index is -0.288. The highest BCUT2D eigenvalue weighted by Gasteiger charge is 2.40. The topological polar surface area (TPSA) is 40.8 Å². The van der Waals surface area contributed by atoms with Gasteiger partial charge >= 0.3 is 0 Å². The first-order valence-electron chi connectivity index (χ1n) is 12.7. The third-order valence-electron chi connectivity index (χ3n) is 8.47. The van der Waals surface area contributed by atoms with Crippen molar-refractivity contribution in [1.82, 2.24) is 0 Å². The first-order chi connectivity index (χ1) is 17.8. The van der Waals surface area contributed by atoms with E-state index in [1.165, 1.54) is 38.6 Å². The third-order valence-corrected chi connectivity index (χ3v) is 8.47. The average Bonchev–Trinajstić information content (AvgIpc) is 3.37. The summed E-state index contributed by atoms with van der Waals surface area (Å²) >= 11 is 0. The number of hydrogen-bond acceptors (Lipinski definition) is 2. The number of benzene rings is 4. The van der Waals surface area contributed by atoms with Crippen LogP contribution in [0.15, 0.2) is 77.3 Å². The standard InChI is InChI=1S/C34H27N2O/c1-19-17-27-22-10-6-7-12-28(22)37-33(27)29(20(19)2)32-26-14-13-24-23-11-8-9-21(18-35)30(23)34(3,4)31(24)25(26)15-16-36(32)5/h6-17H,1-5H3/q+1. The van der Waals surface area contributed by atoms with Gasteiger partial charge in [-0.3, -0.25) is 0 Å². The number of nitriles is 1. The van der Waals surface area contributed by atoms with Crippen LogP contribution in [-0.4, -0.2) is 0 Å². The monoisotopic (exact) mass is 479 g/mol. The number of para-hydroxylation sites is 1. The molecule has 37 heavy (non-hydrogen) atoms. The Hall–Kier alpha value is -4.42. The van der Waals surface area contributed by atoms with Crippen molar-refractivity contribution in [3.8, 4) is 28.5 Å². The van der Waals surface area contributed by atoms with Crippen molar-refractivity contribution < 1.29 is 8.98 Å². The molecule has 0 amide bonds. The smallest absolute Gasteiger partial charge is 0.224 e. The lowest BCUT2D eigenvalue weighted by atomic mass is 9.78. The fraction of sp³-hybridized carbons (Fsp3) is 0.176. The summed E-state index contributed by atoms with van der Waals surface area (Å²) in [7, 11) is 2.12. The van der Waals surface area contributed by atoms with Crippen LogP contribution in [0.3, 0.4) is 0 Å². The fourth-order valence-electron chi connectivity index (χ4n) is 6.70. The van der Waals surface area contributed by atoms with Crippen molar-refractivity contribution in [3.63, 3.8) is 0 Å². The fourth-order valence-corrected chi connectivity index (χ4v) is 6.70. The normalized spacial score (nSPS) is 13.7. The molecule has 2 aromatic heterocycles. The van der Waals surface area contributed by atoms with E-state index in [4.69, 9.17) is 4.42 Å². The molecule has 7 rings (SSSR count). The predicted molar refractivity (Wildman–Crippen MR) is 150 cm³/mol. The highest BCUT2D eigenvalue weighted by molar-refractivity contribution is 6.13. The van der Waals surface area contributed by atoms with Gasteiger partial charge in [0, 0.05) is 22.3 Å². The third kappa shape index (κ3) is 2.73. The molecule has 0 N–H and O–H groups in total. The zero-order chi connectivity index (χ0) is 25.6. The summed E-state index contributed by atoms with van der Waals surface area (Å²) < 4.78 is 8.76. The van der Waals surface area contributed by atoms with Gasteiger partial charge < -0.3 is 4.42 Å². The van der Waals surface area contributed by atoms with Crippen molar-refractivity contribution in [3.05, 3.63) is 101 Å². The predicted octanol–water partition coefficient (Wildman–Crippen LogP) is 8.03. The Balaban J connectivity index is 1.62. The highest BCUT2D eigenvalue weighted by Crippen LogP contribution is 2.53. The lowest BCUT2D eigenvalue weighted by Crippen LogP contribution is -2.31. The zero-order valence-corrected chi connectivity index (χ0v) is 21.7. The number of nitrogens with zero attached hydrogens (tertiary/aromatic N) is 2. The van der Waals surface area contributed by atoms with Crippen LogP contribution in [-0.2, 0) is 12.5 Å². The molecule has 0 unspecified atom stereocenters. The summed E-state index contributed by atoms with van der Waals surface area (Å²) in [5.74, 6) is 0. The molecule has 0 aliphatic heterocycles. The molecule has 0 spiro atoms. The quantitative estimate of drug-likeness (QED) is 0.224. The maximum Gasteiger partial charge on any atom is 0.224 e. The molecule has 4 aromatic carbocycles. The number of pyridine rings is 1. The van der Waals surface area contributed by atoms with E-state index in [2.05, 4.69) is 94.0 Å². The molecular formula is C34H27N2O+. The lowest BCUT2D eigenvalue weighted by Gasteiger charge is -2.24. The minimum Gasteiger partial charge on any atom is -0.455 e. The Kier molecular flexibility index (Phi) is 4.31. The van der Waals surface area contributed by atoms with Crippen LogP contribution in [0.2, 0.25) is 0 Å². The van der Waals surface area contributed by atoms with E-state index < -0.39 is 0 Å². The molecule has 0 atom stereocenters. The highest BCUT2D eigenvalue weighted by atomic mass is 16.3. The summed E-state index contributed by atoms with van der Waals surface area (Å²) in [5, 5.41) is 14.6. The number of furan rings is 1. The van der Waals surface area contributed by atoms with Crippen LogP contribution >= 0.6 is 0 Å². The van der Waals surface area contributed by atoms with E-state index >= 15 is 0 Å². The minimum absolute atomic E-state index is 0.288.